The molecule has 0 bridgehead atoms. The first-order valence-electron chi connectivity index (χ1n) is 3.15. The van der Waals surface area contributed by atoms with Gasteiger partial charge in [-0.3, -0.25) is 0 Å². The molecule has 1 unspecified atom stereocenters. The second-order valence-corrected chi connectivity index (χ2v) is 2.51. The molecule has 0 spiro atoms. The first-order chi connectivity index (χ1) is 4.04. The topological polar surface area (TPSA) is 66.5 Å². The molecule has 0 aliphatic rings. The van der Waals surface area contributed by atoms with E-state index in [1.165, 1.54) is 0 Å². The summed E-state index contributed by atoms with van der Waals surface area (Å²) in [5.41, 5.74) is 5.32. The lowest BCUT2D eigenvalue weighted by Crippen LogP contribution is -2.33. The van der Waals surface area contributed by atoms with Gasteiger partial charge < -0.3 is 15.9 Å². The van der Waals surface area contributed by atoms with Gasteiger partial charge in [0.05, 0.1) is 12.2 Å². The van der Waals surface area contributed by atoms with Gasteiger partial charge in [0, 0.05) is 12.5 Å². The van der Waals surface area contributed by atoms with Gasteiger partial charge in [0.1, 0.15) is 0 Å². The molecule has 0 radical (unpaired) electrons. The number of aliphatic hydroxyl groups excluding tert-OH is 2. The van der Waals surface area contributed by atoms with Crippen LogP contribution in [0.3, 0.4) is 0 Å². The first kappa shape index (κ1) is 8.88. The largest absolute Gasteiger partial charge is 0.393 e. The molecule has 0 aromatic carbocycles. The van der Waals surface area contributed by atoms with Crippen molar-refractivity contribution in [3.05, 3.63) is 0 Å². The molecule has 3 atom stereocenters. The predicted octanol–water partition coefficient (Wildman–Crippen LogP) is -0.535. The van der Waals surface area contributed by atoms with Crippen molar-refractivity contribution in [1.82, 2.24) is 0 Å². The zero-order chi connectivity index (χ0) is 7.44. The molecule has 0 aliphatic carbocycles. The maximum Gasteiger partial charge on any atom is 0.0712 e. The van der Waals surface area contributed by atoms with E-state index in [2.05, 4.69) is 0 Å². The van der Waals surface area contributed by atoms with Crippen LogP contribution in [0, 0.1) is 0 Å². The molecule has 56 valence electrons. The zero-order valence-corrected chi connectivity index (χ0v) is 5.91. The summed E-state index contributed by atoms with van der Waals surface area (Å²) < 4.78 is 0. The minimum absolute atomic E-state index is 0.250. The van der Waals surface area contributed by atoms with Crippen LogP contribution in [0.25, 0.3) is 0 Å². The summed E-state index contributed by atoms with van der Waals surface area (Å²) in [6, 6.07) is -0.250. The van der Waals surface area contributed by atoms with Gasteiger partial charge in [-0.05, 0) is 13.8 Å². The van der Waals surface area contributed by atoms with Crippen LogP contribution >= 0.6 is 0 Å². The van der Waals surface area contributed by atoms with Gasteiger partial charge in [-0.15, -0.1) is 0 Å². The van der Waals surface area contributed by atoms with Crippen LogP contribution in [-0.2, 0) is 0 Å². The van der Waals surface area contributed by atoms with Gasteiger partial charge >= 0.3 is 0 Å². The quantitative estimate of drug-likeness (QED) is 0.484. The Morgan fingerprint density at radius 2 is 1.78 bits per heavy atom. The minimum Gasteiger partial charge on any atom is -0.393 e. The Hall–Kier alpha value is -0.120. The van der Waals surface area contributed by atoms with E-state index < -0.39 is 12.2 Å². The third kappa shape index (κ3) is 4.39. The Morgan fingerprint density at radius 1 is 1.33 bits per heavy atom. The van der Waals surface area contributed by atoms with Crippen LogP contribution in [0.5, 0.6) is 0 Å². The van der Waals surface area contributed by atoms with Gasteiger partial charge in [0.25, 0.3) is 0 Å². The van der Waals surface area contributed by atoms with E-state index in [0.29, 0.717) is 6.42 Å². The van der Waals surface area contributed by atoms with Crippen LogP contribution in [-0.4, -0.2) is 28.5 Å². The van der Waals surface area contributed by atoms with E-state index in [0.717, 1.165) is 0 Å². The molecule has 0 saturated carbocycles. The Labute approximate surface area is 55.5 Å². The van der Waals surface area contributed by atoms with E-state index >= 15 is 0 Å². The standard InChI is InChI=1S/C6H15NO2/c1-4(8)3-6(9)5(2)7/h4-6,8-9H,3,7H2,1-2H3/t4-,5?,6-/m0/s1. The molecule has 0 rings (SSSR count). The van der Waals surface area contributed by atoms with Crippen molar-refractivity contribution in [2.24, 2.45) is 5.73 Å². The van der Waals surface area contributed by atoms with Gasteiger partial charge in [-0.2, -0.15) is 0 Å². The highest BCUT2D eigenvalue weighted by atomic mass is 16.3. The fraction of sp³-hybridized carbons (Fsp3) is 1.00. The van der Waals surface area contributed by atoms with E-state index in [-0.39, 0.29) is 6.04 Å². The summed E-state index contributed by atoms with van der Waals surface area (Å²) in [6.07, 6.45) is -0.687. The van der Waals surface area contributed by atoms with E-state index in [9.17, 15) is 0 Å². The fourth-order valence-corrected chi connectivity index (χ4v) is 0.564. The molecule has 0 aromatic heterocycles. The van der Waals surface area contributed by atoms with Crippen LogP contribution in [0.4, 0.5) is 0 Å². The highest BCUT2D eigenvalue weighted by Crippen LogP contribution is 1.99. The molecule has 0 aromatic rings. The minimum atomic E-state index is -0.579. The van der Waals surface area contributed by atoms with Crippen LogP contribution in [0.1, 0.15) is 20.3 Å². The molecule has 0 amide bonds. The maximum atomic E-state index is 9.01. The Bertz CT molecular complexity index is 73.5. The monoisotopic (exact) mass is 133 g/mol. The molecule has 9 heavy (non-hydrogen) atoms. The highest BCUT2D eigenvalue weighted by Gasteiger charge is 2.11. The Kier molecular flexibility index (Phi) is 3.77. The van der Waals surface area contributed by atoms with Crippen molar-refractivity contribution in [2.45, 2.75) is 38.5 Å². The van der Waals surface area contributed by atoms with Gasteiger partial charge in [0.15, 0.2) is 0 Å². The number of aliphatic hydroxyl groups is 2. The molecule has 0 aliphatic heterocycles. The van der Waals surface area contributed by atoms with Gasteiger partial charge in [-0.25, -0.2) is 0 Å². The van der Waals surface area contributed by atoms with Crippen molar-refractivity contribution >= 4 is 0 Å². The summed E-state index contributed by atoms with van der Waals surface area (Å²) in [6.45, 7) is 3.35. The fourth-order valence-electron chi connectivity index (χ4n) is 0.564. The lowest BCUT2D eigenvalue weighted by molar-refractivity contribution is 0.0775. The molecular weight excluding hydrogens is 118 g/mol. The van der Waals surface area contributed by atoms with E-state index in [1.54, 1.807) is 13.8 Å². The molecule has 0 heterocycles. The molecule has 3 heteroatoms. The first-order valence-corrected chi connectivity index (χ1v) is 3.15. The molecule has 4 N–H and O–H groups in total. The number of nitrogens with two attached hydrogens (primary N) is 1. The summed E-state index contributed by atoms with van der Waals surface area (Å²) in [5, 5.41) is 17.8. The highest BCUT2D eigenvalue weighted by molar-refractivity contribution is 4.68. The number of hydrogen-bond donors (Lipinski definition) is 3. The molecule has 0 fully saturated rings. The summed E-state index contributed by atoms with van der Waals surface area (Å²) in [7, 11) is 0. The van der Waals surface area contributed by atoms with E-state index in [1.807, 2.05) is 0 Å². The second-order valence-electron chi connectivity index (χ2n) is 2.51. The normalized spacial score (nSPS) is 21.0. The van der Waals surface area contributed by atoms with Crippen LogP contribution in [0.15, 0.2) is 0 Å². The second kappa shape index (κ2) is 3.82. The number of hydrogen-bond acceptors (Lipinski definition) is 3. The summed E-state index contributed by atoms with van der Waals surface area (Å²) >= 11 is 0. The zero-order valence-electron chi connectivity index (χ0n) is 5.91. The lowest BCUT2D eigenvalue weighted by atomic mass is 10.1. The third-order valence-electron chi connectivity index (χ3n) is 1.19. The average molecular weight is 133 g/mol. The van der Waals surface area contributed by atoms with Crippen molar-refractivity contribution < 1.29 is 10.2 Å². The predicted molar refractivity (Wildman–Crippen MR) is 36.0 cm³/mol. The molecule has 3 nitrogen and oxygen atoms in total. The smallest absolute Gasteiger partial charge is 0.0712 e. The van der Waals surface area contributed by atoms with Crippen LogP contribution < -0.4 is 5.73 Å². The van der Waals surface area contributed by atoms with Crippen LogP contribution in [0.2, 0.25) is 0 Å². The van der Waals surface area contributed by atoms with Crippen molar-refractivity contribution in [3.8, 4) is 0 Å². The summed E-state index contributed by atoms with van der Waals surface area (Å²) in [5.74, 6) is 0. The maximum absolute atomic E-state index is 9.01. The third-order valence-corrected chi connectivity index (χ3v) is 1.19. The Morgan fingerprint density at radius 3 is 1.89 bits per heavy atom. The Balaban J connectivity index is 3.38. The average Bonchev–Trinajstić information content (AvgIpc) is 1.63. The van der Waals surface area contributed by atoms with Crippen molar-refractivity contribution in [3.63, 3.8) is 0 Å². The van der Waals surface area contributed by atoms with Crippen molar-refractivity contribution in [1.29, 1.82) is 0 Å². The van der Waals surface area contributed by atoms with Gasteiger partial charge in [-0.1, -0.05) is 0 Å². The van der Waals surface area contributed by atoms with E-state index in [4.69, 9.17) is 15.9 Å². The lowest BCUT2D eigenvalue weighted by Gasteiger charge is -2.15. The SMILES string of the molecule is CC(N)[C@@H](O)C[C@H](C)O. The summed E-state index contributed by atoms with van der Waals surface area (Å²) in [4.78, 5) is 0. The number of rotatable bonds is 3. The molecule has 0 saturated heterocycles. The molecular formula is C6H15NO2. The van der Waals surface area contributed by atoms with Gasteiger partial charge in [0.2, 0.25) is 0 Å². The van der Waals surface area contributed by atoms with Crippen molar-refractivity contribution in [2.75, 3.05) is 0 Å².